The van der Waals surface area contributed by atoms with Crippen LogP contribution in [0.25, 0.3) is 21.9 Å². The number of pyridine rings is 2. The topological polar surface area (TPSA) is 83.0 Å². The molecule has 1 unspecified atom stereocenters. The highest BCUT2D eigenvalue weighted by atomic mass is 19.4. The fraction of sp³-hybridized carbons (Fsp3) is 0.458. The first-order valence-corrected chi connectivity index (χ1v) is 11.4. The Balaban J connectivity index is 1.45. The standard InChI is InChI=1S/C24H24F3N5O2/c1-14-7-10-31(23(34)30-18-5-3-2-4-17(18)24(25,26)27)13-19(14)32-11-8-20(33)16-12-29-22-15(21(16)32)6-9-28-22/h5,8,11-12,14,17,19H,2-4,7,10,13H2,1H3,(H,28,29)(H,30,34)/t14-,17?,19+/m1/s1. The van der Waals surface area contributed by atoms with Gasteiger partial charge in [0.1, 0.15) is 0 Å². The minimum Gasteiger partial charge on any atom is -0.341 e. The largest absolute Gasteiger partial charge is 0.397 e. The summed E-state index contributed by atoms with van der Waals surface area (Å²) in [6.45, 7) is 2.80. The molecule has 0 aromatic carbocycles. The van der Waals surface area contributed by atoms with Crippen molar-refractivity contribution in [2.45, 2.75) is 44.8 Å². The molecule has 1 fully saturated rings. The van der Waals surface area contributed by atoms with Crippen LogP contribution in [-0.2, 0) is 0 Å². The van der Waals surface area contributed by atoms with Crippen LogP contribution in [0.3, 0.4) is 0 Å². The number of aromatic nitrogens is 3. The molecule has 178 valence electrons. The monoisotopic (exact) mass is 471 g/mol. The molecule has 1 aliphatic heterocycles. The summed E-state index contributed by atoms with van der Waals surface area (Å²) in [6.07, 6.45) is 4.70. The van der Waals surface area contributed by atoms with Crippen molar-refractivity contribution in [1.29, 1.82) is 0 Å². The number of piperidine rings is 1. The van der Waals surface area contributed by atoms with E-state index in [1.165, 1.54) is 18.3 Å². The first kappa shape index (κ1) is 22.3. The van der Waals surface area contributed by atoms with Gasteiger partial charge in [0.25, 0.3) is 0 Å². The summed E-state index contributed by atoms with van der Waals surface area (Å²) in [5, 5.41) is 3.61. The Morgan fingerprint density at radius 2 is 2.15 bits per heavy atom. The maximum Gasteiger partial charge on any atom is 0.397 e. The molecule has 3 atom stereocenters. The number of hydrogen-bond donors (Lipinski definition) is 2. The highest BCUT2D eigenvalue weighted by molar-refractivity contribution is 6.01. The van der Waals surface area contributed by atoms with E-state index in [9.17, 15) is 22.8 Å². The summed E-state index contributed by atoms with van der Waals surface area (Å²) in [7, 11) is 0. The third-order valence-electron chi connectivity index (χ3n) is 6.98. The molecule has 0 radical (unpaired) electrons. The van der Waals surface area contributed by atoms with E-state index in [1.54, 1.807) is 11.1 Å². The molecule has 1 aliphatic carbocycles. The molecule has 2 amide bonds. The summed E-state index contributed by atoms with van der Waals surface area (Å²) in [5.74, 6) is -1.48. The van der Waals surface area contributed by atoms with Crippen molar-refractivity contribution >= 4 is 28.0 Å². The van der Waals surface area contributed by atoms with Crippen molar-refractivity contribution in [2.75, 3.05) is 13.1 Å². The van der Waals surface area contributed by atoms with Crippen molar-refractivity contribution in [1.82, 2.24) is 24.8 Å². The first-order valence-electron chi connectivity index (χ1n) is 11.4. The Morgan fingerprint density at radius 3 is 2.94 bits per heavy atom. The number of urea groups is 1. The average molecular weight is 471 g/mol. The van der Waals surface area contributed by atoms with E-state index in [1.807, 2.05) is 4.57 Å². The van der Waals surface area contributed by atoms with Crippen molar-refractivity contribution < 1.29 is 18.0 Å². The number of hydrogen-bond acceptors (Lipinski definition) is 3. The van der Waals surface area contributed by atoms with Crippen LogP contribution in [-0.4, -0.2) is 44.7 Å². The number of fused-ring (bicyclic) bond motifs is 3. The van der Waals surface area contributed by atoms with Crippen molar-refractivity contribution in [3.63, 3.8) is 0 Å². The van der Waals surface area contributed by atoms with Gasteiger partial charge in [-0.3, -0.25) is 9.78 Å². The molecule has 4 heterocycles. The lowest BCUT2D eigenvalue weighted by molar-refractivity contribution is -0.167. The van der Waals surface area contributed by atoms with Gasteiger partial charge in [0.15, 0.2) is 11.1 Å². The maximum absolute atomic E-state index is 13.5. The van der Waals surface area contributed by atoms with E-state index >= 15 is 0 Å². The number of likely N-dealkylation sites (tertiary alicyclic amines) is 1. The average Bonchev–Trinajstić information content (AvgIpc) is 3.29. The number of aromatic amines is 1. The number of carbonyl (C=O) groups excluding carboxylic acids is 1. The molecule has 5 rings (SSSR count). The first-order chi connectivity index (χ1) is 16.2. The molecule has 3 aromatic heterocycles. The van der Waals surface area contributed by atoms with E-state index in [-0.39, 0.29) is 29.5 Å². The van der Waals surface area contributed by atoms with Gasteiger partial charge in [-0.1, -0.05) is 13.0 Å². The molecule has 0 spiro atoms. The van der Waals surface area contributed by atoms with Crippen LogP contribution in [0.4, 0.5) is 18.0 Å². The van der Waals surface area contributed by atoms with Gasteiger partial charge < -0.3 is 14.8 Å². The fourth-order valence-corrected chi connectivity index (χ4v) is 5.06. The van der Waals surface area contributed by atoms with Crippen molar-refractivity contribution in [3.8, 4) is 0 Å². The summed E-state index contributed by atoms with van der Waals surface area (Å²) in [6, 6.07) is 3.74. The third-order valence-corrected chi connectivity index (χ3v) is 6.98. The lowest BCUT2D eigenvalue weighted by Crippen LogP contribution is -2.49. The Kier molecular flexibility index (Phi) is 5.50. The summed E-state index contributed by atoms with van der Waals surface area (Å²) >= 11 is 0. The normalized spacial score (nSPS) is 23.6. The molecular weight excluding hydrogens is 447 g/mol. The molecule has 34 heavy (non-hydrogen) atoms. The summed E-state index contributed by atoms with van der Waals surface area (Å²) in [5.41, 5.74) is 0.974. The zero-order chi connectivity index (χ0) is 24.0. The molecule has 0 saturated carbocycles. The molecule has 1 saturated heterocycles. The third kappa shape index (κ3) is 3.89. The highest BCUT2D eigenvalue weighted by Gasteiger charge is 2.43. The molecule has 10 heteroatoms. The maximum atomic E-state index is 13.5. The number of H-pyrrole nitrogens is 1. The van der Waals surface area contributed by atoms with Crippen LogP contribution in [0.2, 0.25) is 0 Å². The molecule has 7 nitrogen and oxygen atoms in total. The Bertz CT molecular complexity index is 1330. The Labute approximate surface area is 193 Å². The molecule has 2 aliphatic rings. The smallest absolute Gasteiger partial charge is 0.341 e. The molecule has 0 bridgehead atoms. The van der Waals surface area contributed by atoms with Crippen LogP contribution in [0.15, 0.2) is 35.0 Å². The number of alkyl halides is 3. The van der Waals surface area contributed by atoms with Gasteiger partial charge in [-0.05, 0) is 37.7 Å². The summed E-state index contributed by atoms with van der Waals surface area (Å²) in [4.78, 5) is 34.2. The molecule has 2 N–H and O–H groups in total. The van der Waals surface area contributed by atoms with Crippen LogP contribution in [0.1, 0.15) is 38.6 Å². The van der Waals surface area contributed by atoms with Gasteiger partial charge in [-0.2, -0.15) is 13.2 Å². The summed E-state index contributed by atoms with van der Waals surface area (Å²) < 4.78 is 42.3. The lowest BCUT2D eigenvalue weighted by Gasteiger charge is -2.39. The van der Waals surface area contributed by atoms with Crippen molar-refractivity contribution in [2.24, 2.45) is 11.8 Å². The number of amides is 2. The van der Waals surface area contributed by atoms with Crippen molar-refractivity contribution in [3.05, 3.63) is 52.7 Å². The number of halogens is 3. The lowest BCUT2D eigenvalue weighted by atomic mass is 9.91. The van der Waals surface area contributed by atoms with Gasteiger partial charge in [-0.15, -0.1) is 0 Å². The minimum atomic E-state index is -4.39. The second kappa shape index (κ2) is 8.38. The fourth-order valence-electron chi connectivity index (χ4n) is 5.06. The quantitative estimate of drug-likeness (QED) is 0.584. The van der Waals surface area contributed by atoms with Gasteiger partial charge in [0.05, 0.1) is 28.2 Å². The second-order valence-corrected chi connectivity index (χ2v) is 9.10. The van der Waals surface area contributed by atoms with Gasteiger partial charge in [-0.25, -0.2) is 9.78 Å². The Hall–Kier alpha value is -3.48. The van der Waals surface area contributed by atoms with Gasteiger partial charge in [0.2, 0.25) is 0 Å². The van der Waals surface area contributed by atoms with Crippen LogP contribution in [0.5, 0.6) is 0 Å². The number of nitrogens with zero attached hydrogens (tertiary/aromatic N) is 3. The Morgan fingerprint density at radius 1 is 1.32 bits per heavy atom. The molecular formula is C24H24F3N5O2. The van der Waals surface area contributed by atoms with Crippen LogP contribution in [0, 0.1) is 24.1 Å². The van der Waals surface area contributed by atoms with E-state index < -0.39 is 18.1 Å². The van der Waals surface area contributed by atoms with E-state index in [4.69, 9.17) is 0 Å². The van der Waals surface area contributed by atoms with Gasteiger partial charge in [0, 0.05) is 43.4 Å². The van der Waals surface area contributed by atoms with Gasteiger partial charge >= 0.3 is 12.2 Å². The van der Waals surface area contributed by atoms with Crippen LogP contribution < -0.4 is 10.7 Å². The number of carbonyl (C=O) groups is 1. The SMILES string of the molecule is C[C@@H]1CCN(C(=O)NC2=CCCCC2C(F)(F)F)C[C@@H]1n1ccc(=O)c2cnc3[nH]c#cc3c21. The number of allylic oxidation sites excluding steroid dienone is 2. The van der Waals surface area contributed by atoms with Crippen LogP contribution >= 0.6 is 0 Å². The highest BCUT2D eigenvalue weighted by Crippen LogP contribution is 2.38. The van der Waals surface area contributed by atoms with E-state index in [0.29, 0.717) is 54.3 Å². The van der Waals surface area contributed by atoms with E-state index in [2.05, 4.69) is 34.5 Å². The minimum absolute atomic E-state index is 0.0210. The van der Waals surface area contributed by atoms with E-state index in [0.717, 1.165) is 0 Å². The zero-order valence-electron chi connectivity index (χ0n) is 18.6. The number of nitrogens with one attached hydrogen (secondary N) is 2. The zero-order valence-corrected chi connectivity index (χ0v) is 18.6. The number of rotatable bonds is 2. The second-order valence-electron chi connectivity index (χ2n) is 9.10. The predicted molar refractivity (Wildman–Crippen MR) is 120 cm³/mol. The molecule has 3 aromatic rings. The predicted octanol–water partition coefficient (Wildman–Crippen LogP) is 4.32.